The van der Waals surface area contributed by atoms with E-state index in [0.717, 1.165) is 32.1 Å². The van der Waals surface area contributed by atoms with Crippen molar-refractivity contribution >= 4 is 17.9 Å². The number of hydrogen-bond donors (Lipinski definition) is 3. The van der Waals surface area contributed by atoms with Crippen LogP contribution in [-0.2, 0) is 9.59 Å². The molecule has 3 N–H and O–H groups in total. The van der Waals surface area contributed by atoms with E-state index in [1.54, 1.807) is 0 Å². The summed E-state index contributed by atoms with van der Waals surface area (Å²) in [4.78, 5) is 36.5. The Kier molecular flexibility index (Phi) is 6.67. The summed E-state index contributed by atoms with van der Waals surface area (Å²) in [7, 11) is 0. The number of aliphatic carboxylic acids is 1. The SMILES string of the molecule is O=C(O)CCCNC(=O)NC1CCN(C(=O)C2CCCCC2)C1. The maximum absolute atomic E-state index is 12.4. The third-order valence-electron chi connectivity index (χ3n) is 4.64. The molecule has 23 heavy (non-hydrogen) atoms. The number of carbonyl (C=O) groups excluding carboxylic acids is 2. The average molecular weight is 325 g/mol. The molecule has 2 aliphatic rings. The van der Waals surface area contributed by atoms with Gasteiger partial charge in [0.25, 0.3) is 0 Å². The van der Waals surface area contributed by atoms with E-state index in [2.05, 4.69) is 10.6 Å². The number of likely N-dealkylation sites (tertiary alicyclic amines) is 1. The first-order valence-electron chi connectivity index (χ1n) is 8.61. The van der Waals surface area contributed by atoms with Crippen molar-refractivity contribution in [3.63, 3.8) is 0 Å². The highest BCUT2D eigenvalue weighted by Gasteiger charge is 2.31. The molecule has 0 aromatic rings. The molecule has 1 heterocycles. The molecule has 1 unspecified atom stereocenters. The fourth-order valence-electron chi connectivity index (χ4n) is 3.36. The first-order chi connectivity index (χ1) is 11.1. The quantitative estimate of drug-likeness (QED) is 0.642. The summed E-state index contributed by atoms with van der Waals surface area (Å²) in [5.74, 6) is -0.442. The lowest BCUT2D eigenvalue weighted by Crippen LogP contribution is -2.44. The molecule has 1 saturated heterocycles. The molecular weight excluding hydrogens is 298 g/mol. The molecule has 1 saturated carbocycles. The van der Waals surface area contributed by atoms with Crippen LogP contribution in [-0.4, -0.2) is 53.6 Å². The molecule has 2 fully saturated rings. The fourth-order valence-corrected chi connectivity index (χ4v) is 3.36. The van der Waals surface area contributed by atoms with Gasteiger partial charge >= 0.3 is 12.0 Å². The third-order valence-corrected chi connectivity index (χ3v) is 4.64. The third kappa shape index (κ3) is 5.73. The summed E-state index contributed by atoms with van der Waals surface area (Å²) in [6, 6.07) is -0.297. The van der Waals surface area contributed by atoms with Crippen LogP contribution in [0.1, 0.15) is 51.4 Å². The molecule has 3 amide bonds. The second-order valence-corrected chi connectivity index (χ2v) is 6.50. The number of hydrogen-bond acceptors (Lipinski definition) is 3. The molecule has 0 aromatic heterocycles. The van der Waals surface area contributed by atoms with E-state index < -0.39 is 5.97 Å². The van der Waals surface area contributed by atoms with E-state index in [1.165, 1.54) is 6.42 Å². The van der Waals surface area contributed by atoms with E-state index >= 15 is 0 Å². The number of carboxylic acids is 1. The summed E-state index contributed by atoms with van der Waals surface area (Å²) < 4.78 is 0. The smallest absolute Gasteiger partial charge is 0.315 e. The molecule has 130 valence electrons. The van der Waals surface area contributed by atoms with E-state index in [9.17, 15) is 14.4 Å². The van der Waals surface area contributed by atoms with Gasteiger partial charge in [-0.05, 0) is 25.7 Å². The maximum Gasteiger partial charge on any atom is 0.315 e. The van der Waals surface area contributed by atoms with Gasteiger partial charge in [-0.1, -0.05) is 19.3 Å². The van der Waals surface area contributed by atoms with Gasteiger partial charge in [0, 0.05) is 38.0 Å². The number of amides is 3. The molecule has 1 aliphatic carbocycles. The first kappa shape index (κ1) is 17.6. The van der Waals surface area contributed by atoms with Crippen LogP contribution in [0.4, 0.5) is 4.79 Å². The predicted molar refractivity (Wildman–Crippen MR) is 85.0 cm³/mol. The second kappa shape index (κ2) is 8.74. The highest BCUT2D eigenvalue weighted by atomic mass is 16.4. The van der Waals surface area contributed by atoms with Crippen molar-refractivity contribution in [2.45, 2.75) is 57.4 Å². The Hall–Kier alpha value is -1.79. The largest absolute Gasteiger partial charge is 0.481 e. The van der Waals surface area contributed by atoms with Gasteiger partial charge in [0.15, 0.2) is 0 Å². The number of urea groups is 1. The van der Waals surface area contributed by atoms with Crippen molar-refractivity contribution in [3.05, 3.63) is 0 Å². The summed E-state index contributed by atoms with van der Waals surface area (Å²) in [6.45, 7) is 1.63. The molecular formula is C16H27N3O4. The molecule has 7 nitrogen and oxygen atoms in total. The number of carbonyl (C=O) groups is 3. The summed E-state index contributed by atoms with van der Waals surface area (Å²) in [5, 5.41) is 14.1. The van der Waals surface area contributed by atoms with Gasteiger partial charge < -0.3 is 20.6 Å². The number of nitrogens with zero attached hydrogens (tertiary/aromatic N) is 1. The molecule has 1 aliphatic heterocycles. The van der Waals surface area contributed by atoms with Crippen molar-refractivity contribution in [1.82, 2.24) is 15.5 Å². The fraction of sp³-hybridized carbons (Fsp3) is 0.812. The van der Waals surface area contributed by atoms with Crippen LogP contribution in [0.3, 0.4) is 0 Å². The highest BCUT2D eigenvalue weighted by molar-refractivity contribution is 5.79. The van der Waals surface area contributed by atoms with Crippen LogP contribution in [0.2, 0.25) is 0 Å². The minimum absolute atomic E-state index is 0.0120. The van der Waals surface area contributed by atoms with E-state index in [4.69, 9.17) is 5.11 Å². The average Bonchev–Trinajstić information content (AvgIpc) is 3.00. The van der Waals surface area contributed by atoms with Crippen LogP contribution in [0.25, 0.3) is 0 Å². The molecule has 7 heteroatoms. The lowest BCUT2D eigenvalue weighted by atomic mass is 9.88. The maximum atomic E-state index is 12.4. The van der Waals surface area contributed by atoms with Gasteiger partial charge in [0.05, 0.1) is 0 Å². The predicted octanol–water partition coefficient (Wildman–Crippen LogP) is 1.33. The zero-order valence-corrected chi connectivity index (χ0v) is 13.6. The normalized spacial score (nSPS) is 21.9. The van der Waals surface area contributed by atoms with Crippen molar-refractivity contribution in [2.75, 3.05) is 19.6 Å². The Balaban J connectivity index is 1.65. The van der Waals surface area contributed by atoms with Crippen molar-refractivity contribution < 1.29 is 19.5 Å². The van der Waals surface area contributed by atoms with Gasteiger partial charge in [0.2, 0.25) is 5.91 Å². The Morgan fingerprint density at radius 1 is 1.09 bits per heavy atom. The minimum Gasteiger partial charge on any atom is -0.481 e. The van der Waals surface area contributed by atoms with E-state index in [1.807, 2.05) is 4.90 Å². The zero-order valence-electron chi connectivity index (χ0n) is 13.6. The van der Waals surface area contributed by atoms with Crippen LogP contribution in [0.5, 0.6) is 0 Å². The molecule has 0 radical (unpaired) electrons. The number of nitrogens with one attached hydrogen (secondary N) is 2. The molecule has 2 rings (SSSR count). The van der Waals surface area contributed by atoms with Gasteiger partial charge in [0.1, 0.15) is 0 Å². The van der Waals surface area contributed by atoms with Crippen molar-refractivity contribution in [1.29, 1.82) is 0 Å². The highest BCUT2D eigenvalue weighted by Crippen LogP contribution is 2.26. The Bertz CT molecular complexity index is 435. The number of rotatable bonds is 6. The monoisotopic (exact) mass is 325 g/mol. The minimum atomic E-state index is -0.861. The van der Waals surface area contributed by atoms with Crippen LogP contribution in [0, 0.1) is 5.92 Å². The van der Waals surface area contributed by atoms with Gasteiger partial charge in [-0.25, -0.2) is 4.79 Å². The zero-order chi connectivity index (χ0) is 16.7. The Morgan fingerprint density at radius 3 is 2.52 bits per heavy atom. The molecule has 1 atom stereocenters. The standard InChI is InChI=1S/C16H27N3O4/c20-14(21)7-4-9-17-16(23)18-13-8-10-19(11-13)15(22)12-5-2-1-3-6-12/h12-13H,1-11H2,(H,20,21)(H2,17,18,23). The van der Waals surface area contributed by atoms with Gasteiger partial charge in [-0.2, -0.15) is 0 Å². The topological polar surface area (TPSA) is 98.7 Å². The van der Waals surface area contributed by atoms with Crippen LogP contribution >= 0.6 is 0 Å². The van der Waals surface area contributed by atoms with Gasteiger partial charge in [-0.15, -0.1) is 0 Å². The summed E-state index contributed by atoms with van der Waals surface area (Å²) >= 11 is 0. The first-order valence-corrected chi connectivity index (χ1v) is 8.61. The number of carboxylic acid groups (broad SMARTS) is 1. The van der Waals surface area contributed by atoms with Crippen LogP contribution < -0.4 is 10.6 Å². The van der Waals surface area contributed by atoms with Gasteiger partial charge in [-0.3, -0.25) is 9.59 Å². The van der Waals surface area contributed by atoms with Crippen molar-refractivity contribution in [2.24, 2.45) is 5.92 Å². The summed E-state index contributed by atoms with van der Waals surface area (Å²) in [5.41, 5.74) is 0. The second-order valence-electron chi connectivity index (χ2n) is 6.50. The lowest BCUT2D eigenvalue weighted by molar-refractivity contribution is -0.137. The Labute approximate surface area is 136 Å². The Morgan fingerprint density at radius 2 is 1.83 bits per heavy atom. The lowest BCUT2D eigenvalue weighted by Gasteiger charge is -2.26. The van der Waals surface area contributed by atoms with Crippen molar-refractivity contribution in [3.8, 4) is 0 Å². The molecule has 0 aromatic carbocycles. The van der Waals surface area contributed by atoms with E-state index in [0.29, 0.717) is 26.1 Å². The summed E-state index contributed by atoms with van der Waals surface area (Å²) in [6.07, 6.45) is 6.76. The molecule has 0 spiro atoms. The molecule has 0 bridgehead atoms. The van der Waals surface area contributed by atoms with Crippen LogP contribution in [0.15, 0.2) is 0 Å². The van der Waals surface area contributed by atoms with E-state index in [-0.39, 0.29) is 30.3 Å².